The van der Waals surface area contributed by atoms with Crippen LogP contribution in [-0.2, 0) is 13.5 Å². The highest BCUT2D eigenvalue weighted by molar-refractivity contribution is 7.14. The van der Waals surface area contributed by atoms with E-state index in [0.29, 0.717) is 5.02 Å². The molecule has 2 nitrogen and oxygen atoms in total. The van der Waals surface area contributed by atoms with E-state index in [4.69, 9.17) is 11.6 Å². The standard InChI is InChI=1S/C16H14ClNOS/c1-3-11-5-7-15(20-11)16(19)13-9-18(2)14-8-10(17)4-6-12(13)14/h4-9H,3H2,1-2H3. The van der Waals surface area contributed by atoms with E-state index in [9.17, 15) is 4.79 Å². The number of carbonyl (C=O) groups is 1. The van der Waals surface area contributed by atoms with Crippen LogP contribution >= 0.6 is 22.9 Å². The first-order chi connectivity index (χ1) is 9.60. The normalized spacial score (nSPS) is 11.2. The van der Waals surface area contributed by atoms with Crippen molar-refractivity contribution in [1.29, 1.82) is 0 Å². The molecule has 0 spiro atoms. The summed E-state index contributed by atoms with van der Waals surface area (Å²) in [6, 6.07) is 9.58. The van der Waals surface area contributed by atoms with Gasteiger partial charge in [-0.05, 0) is 30.7 Å². The third-order valence-electron chi connectivity index (χ3n) is 3.43. The summed E-state index contributed by atoms with van der Waals surface area (Å²) in [4.78, 5) is 14.7. The molecule has 0 bridgehead atoms. The Hall–Kier alpha value is -1.58. The number of rotatable bonds is 3. The van der Waals surface area contributed by atoms with Crippen LogP contribution in [0.5, 0.6) is 0 Å². The number of aromatic nitrogens is 1. The van der Waals surface area contributed by atoms with Gasteiger partial charge in [0, 0.05) is 39.6 Å². The van der Waals surface area contributed by atoms with Crippen LogP contribution < -0.4 is 0 Å². The summed E-state index contributed by atoms with van der Waals surface area (Å²) in [5.74, 6) is 0.0858. The molecule has 4 heteroatoms. The number of thiophene rings is 1. The van der Waals surface area contributed by atoms with Gasteiger partial charge in [0.15, 0.2) is 0 Å². The molecule has 3 aromatic rings. The lowest BCUT2D eigenvalue weighted by Crippen LogP contribution is -1.97. The molecule has 0 atom stereocenters. The van der Waals surface area contributed by atoms with Gasteiger partial charge in [-0.25, -0.2) is 0 Å². The predicted molar refractivity (Wildman–Crippen MR) is 85.1 cm³/mol. The summed E-state index contributed by atoms with van der Waals surface area (Å²) in [5, 5.41) is 1.63. The molecule has 0 radical (unpaired) electrons. The van der Waals surface area contributed by atoms with Crippen LogP contribution in [0.4, 0.5) is 0 Å². The van der Waals surface area contributed by atoms with E-state index in [-0.39, 0.29) is 5.78 Å². The zero-order chi connectivity index (χ0) is 14.3. The first kappa shape index (κ1) is 13.4. The minimum absolute atomic E-state index is 0.0858. The van der Waals surface area contributed by atoms with E-state index >= 15 is 0 Å². The monoisotopic (exact) mass is 303 g/mol. The van der Waals surface area contributed by atoms with Crippen molar-refractivity contribution >= 4 is 39.6 Å². The largest absolute Gasteiger partial charge is 0.350 e. The van der Waals surface area contributed by atoms with Crippen molar-refractivity contribution in [3.05, 3.63) is 56.9 Å². The van der Waals surface area contributed by atoms with Gasteiger partial charge >= 0.3 is 0 Å². The second kappa shape index (κ2) is 5.08. The number of fused-ring (bicyclic) bond motifs is 1. The molecule has 0 unspecified atom stereocenters. The van der Waals surface area contributed by atoms with Crippen LogP contribution in [0.15, 0.2) is 36.5 Å². The number of benzene rings is 1. The van der Waals surface area contributed by atoms with Crippen molar-refractivity contribution < 1.29 is 4.79 Å². The Morgan fingerprint density at radius 3 is 2.80 bits per heavy atom. The van der Waals surface area contributed by atoms with Crippen LogP contribution in [0.25, 0.3) is 10.9 Å². The van der Waals surface area contributed by atoms with E-state index in [2.05, 4.69) is 6.92 Å². The van der Waals surface area contributed by atoms with Gasteiger partial charge in [-0.1, -0.05) is 24.6 Å². The Balaban J connectivity index is 2.12. The van der Waals surface area contributed by atoms with Gasteiger partial charge in [-0.2, -0.15) is 0 Å². The van der Waals surface area contributed by atoms with E-state index in [0.717, 1.165) is 27.8 Å². The molecule has 1 aromatic carbocycles. The van der Waals surface area contributed by atoms with Crippen LogP contribution in [0.3, 0.4) is 0 Å². The third kappa shape index (κ3) is 2.17. The summed E-state index contributed by atoms with van der Waals surface area (Å²) in [5.41, 5.74) is 1.72. The van der Waals surface area contributed by atoms with Crippen molar-refractivity contribution in [2.45, 2.75) is 13.3 Å². The highest BCUT2D eigenvalue weighted by Gasteiger charge is 2.17. The molecule has 20 heavy (non-hydrogen) atoms. The van der Waals surface area contributed by atoms with Crippen molar-refractivity contribution in [2.75, 3.05) is 0 Å². The quantitative estimate of drug-likeness (QED) is 0.644. The molecule has 0 N–H and O–H groups in total. The summed E-state index contributed by atoms with van der Waals surface area (Å²) < 4.78 is 1.95. The van der Waals surface area contributed by atoms with E-state index in [1.54, 1.807) is 11.3 Å². The van der Waals surface area contributed by atoms with Gasteiger partial charge in [0.1, 0.15) is 0 Å². The highest BCUT2D eigenvalue weighted by atomic mass is 35.5. The maximum atomic E-state index is 12.7. The van der Waals surface area contributed by atoms with Crippen LogP contribution in [0, 0.1) is 0 Å². The van der Waals surface area contributed by atoms with Crippen LogP contribution in [0.2, 0.25) is 5.02 Å². The molecular formula is C16H14ClNOS. The number of nitrogens with zero attached hydrogens (tertiary/aromatic N) is 1. The van der Waals surface area contributed by atoms with Gasteiger partial charge in [0.2, 0.25) is 5.78 Å². The molecule has 0 fully saturated rings. The average Bonchev–Trinajstić information content (AvgIpc) is 3.03. The molecular weight excluding hydrogens is 290 g/mol. The van der Waals surface area contributed by atoms with Gasteiger partial charge in [0.25, 0.3) is 0 Å². The van der Waals surface area contributed by atoms with Crippen molar-refractivity contribution in [1.82, 2.24) is 4.57 Å². The Labute approximate surface area is 126 Å². The molecule has 3 rings (SSSR count). The van der Waals surface area contributed by atoms with Crippen LogP contribution in [-0.4, -0.2) is 10.4 Å². The Kier molecular flexibility index (Phi) is 3.40. The zero-order valence-corrected chi connectivity index (χ0v) is 12.9. The minimum atomic E-state index is 0.0858. The molecule has 2 heterocycles. The number of aryl methyl sites for hydroxylation is 2. The summed E-state index contributed by atoms with van der Waals surface area (Å²) >= 11 is 7.59. The third-order valence-corrected chi connectivity index (χ3v) is 4.89. The average molecular weight is 304 g/mol. The lowest BCUT2D eigenvalue weighted by molar-refractivity contribution is 0.104. The molecule has 0 aliphatic heterocycles. The fraction of sp³-hybridized carbons (Fsp3) is 0.188. The number of ketones is 1. The summed E-state index contributed by atoms with van der Waals surface area (Å²) in [6.45, 7) is 2.10. The van der Waals surface area contributed by atoms with Gasteiger partial charge in [-0.3, -0.25) is 4.79 Å². The summed E-state index contributed by atoms with van der Waals surface area (Å²) in [6.07, 6.45) is 2.84. The lowest BCUT2D eigenvalue weighted by atomic mass is 10.1. The van der Waals surface area contributed by atoms with E-state index in [1.807, 2.05) is 48.1 Å². The van der Waals surface area contributed by atoms with E-state index < -0.39 is 0 Å². The van der Waals surface area contributed by atoms with Gasteiger partial charge in [0.05, 0.1) is 4.88 Å². The maximum absolute atomic E-state index is 12.7. The fourth-order valence-corrected chi connectivity index (χ4v) is 3.43. The molecule has 0 saturated carbocycles. The molecule has 0 aliphatic rings. The van der Waals surface area contributed by atoms with Crippen molar-refractivity contribution in [2.24, 2.45) is 7.05 Å². The van der Waals surface area contributed by atoms with E-state index in [1.165, 1.54) is 4.88 Å². The molecule has 2 aromatic heterocycles. The van der Waals surface area contributed by atoms with Gasteiger partial charge < -0.3 is 4.57 Å². The predicted octanol–water partition coefficient (Wildman–Crippen LogP) is 4.69. The Morgan fingerprint density at radius 1 is 1.30 bits per heavy atom. The fourth-order valence-electron chi connectivity index (χ4n) is 2.36. The molecule has 102 valence electrons. The smallest absolute Gasteiger partial charge is 0.205 e. The van der Waals surface area contributed by atoms with Gasteiger partial charge in [-0.15, -0.1) is 11.3 Å². The number of hydrogen-bond acceptors (Lipinski definition) is 2. The highest BCUT2D eigenvalue weighted by Crippen LogP contribution is 2.28. The minimum Gasteiger partial charge on any atom is -0.350 e. The SMILES string of the molecule is CCc1ccc(C(=O)c2cn(C)c3cc(Cl)ccc23)s1. The zero-order valence-electron chi connectivity index (χ0n) is 11.3. The first-order valence-electron chi connectivity index (χ1n) is 6.48. The van der Waals surface area contributed by atoms with Crippen molar-refractivity contribution in [3.8, 4) is 0 Å². The molecule has 0 aliphatic carbocycles. The second-order valence-corrected chi connectivity index (χ2v) is 6.37. The Bertz CT molecular complexity index is 800. The maximum Gasteiger partial charge on any atom is 0.205 e. The molecule has 0 amide bonds. The first-order valence-corrected chi connectivity index (χ1v) is 7.67. The second-order valence-electron chi connectivity index (χ2n) is 4.76. The Morgan fingerprint density at radius 2 is 2.10 bits per heavy atom. The topological polar surface area (TPSA) is 22.0 Å². The molecule has 0 saturated heterocycles. The van der Waals surface area contributed by atoms with Crippen molar-refractivity contribution in [3.63, 3.8) is 0 Å². The number of halogens is 1. The lowest BCUT2D eigenvalue weighted by Gasteiger charge is -1.97. The number of carbonyl (C=O) groups excluding carboxylic acids is 1. The number of hydrogen-bond donors (Lipinski definition) is 0. The van der Waals surface area contributed by atoms with Crippen LogP contribution in [0.1, 0.15) is 27.0 Å². The summed E-state index contributed by atoms with van der Waals surface area (Å²) in [7, 11) is 1.93.